The zero-order valence-corrected chi connectivity index (χ0v) is 16.1. The molecular formula is C20H18BrN5. The fourth-order valence-corrected chi connectivity index (χ4v) is 3.08. The Hall–Kier alpha value is -2.86. The number of hydrogen-bond acceptors (Lipinski definition) is 4. The van der Waals surface area contributed by atoms with E-state index in [1.165, 1.54) is 0 Å². The molecule has 0 aliphatic rings. The molecule has 4 rings (SSSR count). The molecule has 26 heavy (non-hydrogen) atoms. The van der Waals surface area contributed by atoms with Gasteiger partial charge in [0.25, 0.3) is 0 Å². The van der Waals surface area contributed by atoms with Crippen molar-refractivity contribution in [3.05, 3.63) is 71.6 Å². The van der Waals surface area contributed by atoms with Crippen LogP contribution in [0.4, 0.5) is 17.2 Å². The maximum atomic E-state index is 4.79. The van der Waals surface area contributed by atoms with Gasteiger partial charge in [0.2, 0.25) is 0 Å². The van der Waals surface area contributed by atoms with Crippen molar-refractivity contribution >= 4 is 38.8 Å². The van der Waals surface area contributed by atoms with Crippen LogP contribution in [-0.4, -0.2) is 28.5 Å². The third-order valence-corrected chi connectivity index (χ3v) is 4.72. The first-order valence-electron chi connectivity index (χ1n) is 8.24. The fourth-order valence-electron chi connectivity index (χ4n) is 2.81. The maximum Gasteiger partial charge on any atom is 0.157 e. The van der Waals surface area contributed by atoms with Crippen LogP contribution in [0, 0.1) is 0 Å². The second-order valence-corrected chi connectivity index (χ2v) is 7.10. The quantitative estimate of drug-likeness (QED) is 0.518. The summed E-state index contributed by atoms with van der Waals surface area (Å²) in [7, 11) is 4.07. The summed E-state index contributed by atoms with van der Waals surface area (Å²) >= 11 is 3.48. The molecule has 0 saturated heterocycles. The number of fused-ring (bicyclic) bond motifs is 1. The molecule has 4 aromatic rings. The largest absolute Gasteiger partial charge is 0.378 e. The Kier molecular flexibility index (Phi) is 4.34. The van der Waals surface area contributed by atoms with Gasteiger partial charge >= 0.3 is 0 Å². The standard InChI is InChI=1S/C20H18BrN5/c1-25(2)17-9-3-14(4-10-17)19-20(23-16-7-5-15(21)6-8-16)26-12-11-22-13-18(26)24-19/h3-13,23H,1-2H3. The predicted octanol–water partition coefficient (Wildman–Crippen LogP) is 4.97. The summed E-state index contributed by atoms with van der Waals surface area (Å²) in [5.74, 6) is 0.919. The first kappa shape index (κ1) is 16.6. The number of anilines is 3. The number of benzene rings is 2. The monoisotopic (exact) mass is 407 g/mol. The Morgan fingerprint density at radius 3 is 2.42 bits per heavy atom. The number of nitrogens with zero attached hydrogens (tertiary/aromatic N) is 4. The summed E-state index contributed by atoms with van der Waals surface area (Å²) in [6, 6.07) is 16.5. The van der Waals surface area contributed by atoms with Gasteiger partial charge in [-0.2, -0.15) is 0 Å². The van der Waals surface area contributed by atoms with Crippen LogP contribution in [0.15, 0.2) is 71.6 Å². The zero-order chi connectivity index (χ0) is 18.1. The third kappa shape index (κ3) is 3.15. The SMILES string of the molecule is CN(C)c1ccc(-c2nc3cnccn3c2Nc2ccc(Br)cc2)cc1. The van der Waals surface area contributed by atoms with Gasteiger partial charge in [-0.05, 0) is 36.4 Å². The Morgan fingerprint density at radius 2 is 1.73 bits per heavy atom. The van der Waals surface area contributed by atoms with Crippen LogP contribution in [0.25, 0.3) is 16.9 Å². The Bertz CT molecular complexity index is 1040. The van der Waals surface area contributed by atoms with Gasteiger partial charge in [0.15, 0.2) is 5.65 Å². The Labute approximate surface area is 160 Å². The van der Waals surface area contributed by atoms with Crippen LogP contribution in [0.5, 0.6) is 0 Å². The first-order valence-corrected chi connectivity index (χ1v) is 9.03. The van der Waals surface area contributed by atoms with Crippen molar-refractivity contribution in [3.63, 3.8) is 0 Å². The molecule has 2 heterocycles. The lowest BCUT2D eigenvalue weighted by Crippen LogP contribution is -2.07. The highest BCUT2D eigenvalue weighted by Crippen LogP contribution is 2.32. The molecule has 2 aromatic heterocycles. The molecule has 130 valence electrons. The predicted molar refractivity (Wildman–Crippen MR) is 110 cm³/mol. The van der Waals surface area contributed by atoms with E-state index in [1.54, 1.807) is 12.4 Å². The smallest absolute Gasteiger partial charge is 0.157 e. The number of nitrogens with one attached hydrogen (secondary N) is 1. The summed E-state index contributed by atoms with van der Waals surface area (Å²) in [6.07, 6.45) is 5.45. The van der Waals surface area contributed by atoms with E-state index in [0.29, 0.717) is 0 Å². The average molecular weight is 408 g/mol. The minimum Gasteiger partial charge on any atom is -0.378 e. The van der Waals surface area contributed by atoms with Crippen molar-refractivity contribution in [2.45, 2.75) is 0 Å². The number of rotatable bonds is 4. The number of halogens is 1. The lowest BCUT2D eigenvalue weighted by atomic mass is 10.1. The van der Waals surface area contributed by atoms with Gasteiger partial charge in [0, 0.05) is 47.9 Å². The molecule has 0 saturated carbocycles. The molecule has 0 spiro atoms. The zero-order valence-electron chi connectivity index (χ0n) is 14.5. The summed E-state index contributed by atoms with van der Waals surface area (Å²) < 4.78 is 3.06. The molecule has 0 radical (unpaired) electrons. The van der Waals surface area contributed by atoms with E-state index in [2.05, 4.69) is 55.4 Å². The summed E-state index contributed by atoms with van der Waals surface area (Å²) in [5.41, 5.74) is 4.91. The first-order chi connectivity index (χ1) is 12.6. The van der Waals surface area contributed by atoms with Gasteiger partial charge in [-0.15, -0.1) is 0 Å². The van der Waals surface area contributed by atoms with Crippen LogP contribution in [0.1, 0.15) is 0 Å². The molecule has 0 amide bonds. The molecule has 0 atom stereocenters. The van der Waals surface area contributed by atoms with Crippen LogP contribution < -0.4 is 10.2 Å². The topological polar surface area (TPSA) is 45.5 Å². The van der Waals surface area contributed by atoms with Gasteiger partial charge in [-0.3, -0.25) is 9.38 Å². The minimum absolute atomic E-state index is 0.804. The lowest BCUT2D eigenvalue weighted by Gasteiger charge is -2.13. The van der Waals surface area contributed by atoms with E-state index in [1.807, 2.05) is 49.0 Å². The van der Waals surface area contributed by atoms with Crippen LogP contribution in [0.2, 0.25) is 0 Å². The molecular weight excluding hydrogens is 390 g/mol. The highest BCUT2D eigenvalue weighted by atomic mass is 79.9. The molecule has 2 aromatic carbocycles. The number of aromatic nitrogens is 3. The molecule has 5 nitrogen and oxygen atoms in total. The lowest BCUT2D eigenvalue weighted by molar-refractivity contribution is 1.13. The van der Waals surface area contributed by atoms with E-state index in [-0.39, 0.29) is 0 Å². The molecule has 0 bridgehead atoms. The second kappa shape index (κ2) is 6.80. The minimum atomic E-state index is 0.804. The summed E-state index contributed by atoms with van der Waals surface area (Å²) in [5, 5.41) is 3.50. The van der Waals surface area contributed by atoms with Crippen LogP contribution in [-0.2, 0) is 0 Å². The molecule has 0 fully saturated rings. The highest BCUT2D eigenvalue weighted by molar-refractivity contribution is 9.10. The van der Waals surface area contributed by atoms with Crippen molar-refractivity contribution in [2.24, 2.45) is 0 Å². The normalized spacial score (nSPS) is 10.9. The van der Waals surface area contributed by atoms with E-state index in [9.17, 15) is 0 Å². The van der Waals surface area contributed by atoms with Crippen molar-refractivity contribution in [2.75, 3.05) is 24.3 Å². The van der Waals surface area contributed by atoms with Crippen molar-refractivity contribution in [1.82, 2.24) is 14.4 Å². The van der Waals surface area contributed by atoms with E-state index in [0.717, 1.165) is 38.6 Å². The van der Waals surface area contributed by atoms with Crippen molar-refractivity contribution < 1.29 is 0 Å². The summed E-state index contributed by atoms with van der Waals surface area (Å²) in [4.78, 5) is 11.1. The van der Waals surface area contributed by atoms with Crippen LogP contribution >= 0.6 is 15.9 Å². The number of hydrogen-bond donors (Lipinski definition) is 1. The Balaban J connectivity index is 1.82. The highest BCUT2D eigenvalue weighted by Gasteiger charge is 2.14. The molecule has 0 unspecified atom stereocenters. The molecule has 0 aliphatic carbocycles. The average Bonchev–Trinajstić information content (AvgIpc) is 3.02. The van der Waals surface area contributed by atoms with Gasteiger partial charge < -0.3 is 10.2 Å². The van der Waals surface area contributed by atoms with Gasteiger partial charge in [0.1, 0.15) is 11.5 Å². The van der Waals surface area contributed by atoms with E-state index >= 15 is 0 Å². The van der Waals surface area contributed by atoms with Crippen molar-refractivity contribution in [3.8, 4) is 11.3 Å². The molecule has 6 heteroatoms. The fraction of sp³-hybridized carbons (Fsp3) is 0.100. The third-order valence-electron chi connectivity index (χ3n) is 4.19. The van der Waals surface area contributed by atoms with Crippen LogP contribution in [0.3, 0.4) is 0 Å². The molecule has 1 N–H and O–H groups in total. The second-order valence-electron chi connectivity index (χ2n) is 6.19. The maximum absolute atomic E-state index is 4.79. The van der Waals surface area contributed by atoms with Gasteiger partial charge in [-0.1, -0.05) is 28.1 Å². The summed E-state index contributed by atoms with van der Waals surface area (Å²) in [6.45, 7) is 0. The van der Waals surface area contributed by atoms with Gasteiger partial charge in [0.05, 0.1) is 6.20 Å². The Morgan fingerprint density at radius 1 is 1.00 bits per heavy atom. The number of imidazole rings is 1. The van der Waals surface area contributed by atoms with E-state index < -0.39 is 0 Å². The van der Waals surface area contributed by atoms with Gasteiger partial charge in [-0.25, -0.2) is 4.98 Å². The van der Waals surface area contributed by atoms with E-state index in [4.69, 9.17) is 4.98 Å². The van der Waals surface area contributed by atoms with Crippen molar-refractivity contribution in [1.29, 1.82) is 0 Å². The molecule has 0 aliphatic heterocycles.